The van der Waals surface area contributed by atoms with Gasteiger partial charge < -0.3 is 5.73 Å². The van der Waals surface area contributed by atoms with Crippen molar-refractivity contribution >= 4 is 16.7 Å². The first-order chi connectivity index (χ1) is 7.65. The molecule has 16 heavy (non-hydrogen) atoms. The number of aromatic nitrogens is 2. The van der Waals surface area contributed by atoms with Crippen LogP contribution < -0.4 is 5.73 Å². The second-order valence-electron chi connectivity index (χ2n) is 4.72. The summed E-state index contributed by atoms with van der Waals surface area (Å²) in [5.74, 6) is 2.10. The zero-order valence-electron chi connectivity index (χ0n) is 9.62. The van der Waals surface area contributed by atoms with Crippen molar-refractivity contribution < 1.29 is 0 Å². The number of nitrogen functional groups attached to an aromatic ring is 1. The number of fused-ring (bicyclic) bond motifs is 1. The topological polar surface area (TPSA) is 51.8 Å². The van der Waals surface area contributed by atoms with Gasteiger partial charge in [-0.15, -0.1) is 0 Å². The second-order valence-corrected chi connectivity index (χ2v) is 4.72. The standard InChI is InChI=1S/C13H15N3/c1-7-5-8(2)11-10(6-7)12(14)16-13(15-11)9-3-4-9/h5-6,9H,3-4H2,1-2H3,(H2,14,15,16). The SMILES string of the molecule is Cc1cc(C)c2nc(C3CC3)nc(N)c2c1. The van der Waals surface area contributed by atoms with Crippen LogP contribution in [0.25, 0.3) is 10.9 Å². The summed E-state index contributed by atoms with van der Waals surface area (Å²) in [6, 6.07) is 4.21. The van der Waals surface area contributed by atoms with E-state index in [0.29, 0.717) is 11.7 Å². The van der Waals surface area contributed by atoms with Crippen molar-refractivity contribution in [3.63, 3.8) is 0 Å². The second kappa shape index (κ2) is 3.17. The highest BCUT2D eigenvalue weighted by molar-refractivity contribution is 5.90. The van der Waals surface area contributed by atoms with Crippen LogP contribution in [0, 0.1) is 13.8 Å². The van der Waals surface area contributed by atoms with E-state index in [9.17, 15) is 0 Å². The van der Waals surface area contributed by atoms with Gasteiger partial charge in [-0.1, -0.05) is 6.07 Å². The highest BCUT2D eigenvalue weighted by Gasteiger charge is 2.27. The van der Waals surface area contributed by atoms with E-state index in [1.807, 2.05) is 0 Å². The van der Waals surface area contributed by atoms with Crippen LogP contribution in [0.2, 0.25) is 0 Å². The van der Waals surface area contributed by atoms with Crippen molar-refractivity contribution in [3.8, 4) is 0 Å². The Balaban J connectivity index is 2.32. The van der Waals surface area contributed by atoms with Crippen LogP contribution in [0.5, 0.6) is 0 Å². The predicted molar refractivity (Wildman–Crippen MR) is 65.4 cm³/mol. The van der Waals surface area contributed by atoms with Crippen molar-refractivity contribution in [1.29, 1.82) is 0 Å². The quantitative estimate of drug-likeness (QED) is 0.792. The fourth-order valence-electron chi connectivity index (χ4n) is 2.15. The summed E-state index contributed by atoms with van der Waals surface area (Å²) in [5.41, 5.74) is 9.42. The third-order valence-corrected chi connectivity index (χ3v) is 3.12. The van der Waals surface area contributed by atoms with Gasteiger partial charge in [0.1, 0.15) is 11.6 Å². The van der Waals surface area contributed by atoms with E-state index < -0.39 is 0 Å². The van der Waals surface area contributed by atoms with Gasteiger partial charge in [-0.05, 0) is 43.9 Å². The lowest BCUT2D eigenvalue weighted by molar-refractivity contribution is 0.950. The first-order valence-electron chi connectivity index (χ1n) is 5.69. The van der Waals surface area contributed by atoms with Crippen LogP contribution in [0.3, 0.4) is 0 Å². The summed E-state index contributed by atoms with van der Waals surface area (Å²) in [4.78, 5) is 9.06. The molecular weight excluding hydrogens is 198 g/mol. The molecule has 0 bridgehead atoms. The number of hydrogen-bond donors (Lipinski definition) is 1. The van der Waals surface area contributed by atoms with E-state index in [-0.39, 0.29) is 0 Å². The Morgan fingerprint density at radius 3 is 2.62 bits per heavy atom. The zero-order valence-corrected chi connectivity index (χ0v) is 9.62. The molecule has 82 valence electrons. The van der Waals surface area contributed by atoms with Gasteiger partial charge in [0, 0.05) is 11.3 Å². The Kier molecular flexibility index (Phi) is 1.90. The third kappa shape index (κ3) is 1.43. The molecule has 1 aromatic carbocycles. The molecule has 0 spiro atoms. The number of benzene rings is 1. The number of nitrogens with zero attached hydrogens (tertiary/aromatic N) is 2. The van der Waals surface area contributed by atoms with Crippen LogP contribution in [-0.4, -0.2) is 9.97 Å². The molecule has 3 rings (SSSR count). The first kappa shape index (κ1) is 9.58. The lowest BCUT2D eigenvalue weighted by Gasteiger charge is -2.08. The number of hydrogen-bond acceptors (Lipinski definition) is 3. The van der Waals surface area contributed by atoms with Crippen LogP contribution in [0.15, 0.2) is 12.1 Å². The summed E-state index contributed by atoms with van der Waals surface area (Å²) in [6.45, 7) is 4.15. The molecule has 0 radical (unpaired) electrons. The van der Waals surface area contributed by atoms with Crippen molar-refractivity contribution in [2.24, 2.45) is 0 Å². The van der Waals surface area contributed by atoms with Crippen molar-refractivity contribution in [2.75, 3.05) is 5.73 Å². The van der Waals surface area contributed by atoms with Gasteiger partial charge in [0.15, 0.2) is 0 Å². The van der Waals surface area contributed by atoms with Crippen molar-refractivity contribution in [3.05, 3.63) is 29.1 Å². The number of anilines is 1. The lowest BCUT2D eigenvalue weighted by Crippen LogP contribution is -2.01. The molecule has 0 amide bonds. The van der Waals surface area contributed by atoms with E-state index in [2.05, 4.69) is 35.9 Å². The molecule has 1 saturated carbocycles. The Morgan fingerprint density at radius 1 is 1.19 bits per heavy atom. The van der Waals surface area contributed by atoms with Gasteiger partial charge >= 0.3 is 0 Å². The van der Waals surface area contributed by atoms with Gasteiger partial charge in [-0.3, -0.25) is 0 Å². The van der Waals surface area contributed by atoms with Crippen LogP contribution >= 0.6 is 0 Å². The number of rotatable bonds is 1. The van der Waals surface area contributed by atoms with Crippen molar-refractivity contribution in [2.45, 2.75) is 32.6 Å². The maximum Gasteiger partial charge on any atom is 0.135 e. The molecule has 3 nitrogen and oxygen atoms in total. The lowest BCUT2D eigenvalue weighted by atomic mass is 10.1. The fraction of sp³-hybridized carbons (Fsp3) is 0.385. The molecule has 1 aliphatic rings. The van der Waals surface area contributed by atoms with Gasteiger partial charge in [0.05, 0.1) is 5.52 Å². The molecule has 2 N–H and O–H groups in total. The summed E-state index contributed by atoms with van der Waals surface area (Å²) in [7, 11) is 0. The monoisotopic (exact) mass is 213 g/mol. The molecule has 1 aromatic heterocycles. The summed E-state index contributed by atoms with van der Waals surface area (Å²) >= 11 is 0. The van der Waals surface area contributed by atoms with Crippen molar-refractivity contribution in [1.82, 2.24) is 9.97 Å². The van der Waals surface area contributed by atoms with Crippen LogP contribution in [0.4, 0.5) is 5.82 Å². The van der Waals surface area contributed by atoms with Gasteiger partial charge in [-0.25, -0.2) is 9.97 Å². The summed E-state index contributed by atoms with van der Waals surface area (Å²) in [5, 5.41) is 0.988. The highest BCUT2D eigenvalue weighted by atomic mass is 15.0. The Bertz CT molecular complexity index is 571. The molecule has 1 heterocycles. The summed E-state index contributed by atoms with van der Waals surface area (Å²) < 4.78 is 0. The Labute approximate surface area is 94.7 Å². The largest absolute Gasteiger partial charge is 0.383 e. The molecule has 2 aromatic rings. The minimum absolute atomic E-state index is 0.549. The normalized spacial score (nSPS) is 15.6. The minimum Gasteiger partial charge on any atom is -0.383 e. The van der Waals surface area contributed by atoms with E-state index in [1.54, 1.807) is 0 Å². The molecule has 0 atom stereocenters. The molecular formula is C13H15N3. The molecule has 1 fully saturated rings. The summed E-state index contributed by atoms with van der Waals surface area (Å²) in [6.07, 6.45) is 2.41. The third-order valence-electron chi connectivity index (χ3n) is 3.12. The fourth-order valence-corrected chi connectivity index (χ4v) is 2.15. The number of nitrogens with two attached hydrogens (primary N) is 1. The average Bonchev–Trinajstić information content (AvgIpc) is 3.02. The minimum atomic E-state index is 0.549. The predicted octanol–water partition coefficient (Wildman–Crippen LogP) is 2.71. The van der Waals surface area contributed by atoms with E-state index >= 15 is 0 Å². The Morgan fingerprint density at radius 2 is 1.94 bits per heavy atom. The molecule has 1 aliphatic carbocycles. The van der Waals surface area contributed by atoms with E-state index in [1.165, 1.54) is 24.0 Å². The maximum atomic E-state index is 6.01. The average molecular weight is 213 g/mol. The van der Waals surface area contributed by atoms with Gasteiger partial charge in [0.25, 0.3) is 0 Å². The molecule has 0 unspecified atom stereocenters. The Hall–Kier alpha value is -1.64. The van der Waals surface area contributed by atoms with Crippen LogP contribution in [-0.2, 0) is 0 Å². The van der Waals surface area contributed by atoms with E-state index in [4.69, 9.17) is 5.73 Å². The van der Waals surface area contributed by atoms with Gasteiger partial charge in [0.2, 0.25) is 0 Å². The van der Waals surface area contributed by atoms with Gasteiger partial charge in [-0.2, -0.15) is 0 Å². The van der Waals surface area contributed by atoms with E-state index in [0.717, 1.165) is 16.7 Å². The molecule has 0 aliphatic heterocycles. The maximum absolute atomic E-state index is 6.01. The molecule has 3 heteroatoms. The first-order valence-corrected chi connectivity index (χ1v) is 5.69. The number of aryl methyl sites for hydroxylation is 2. The van der Waals surface area contributed by atoms with Crippen LogP contribution in [0.1, 0.15) is 35.7 Å². The zero-order chi connectivity index (χ0) is 11.3. The molecule has 0 saturated heterocycles. The smallest absolute Gasteiger partial charge is 0.135 e. The highest BCUT2D eigenvalue weighted by Crippen LogP contribution is 2.39.